The number of halogens is 2. The van der Waals surface area contributed by atoms with Gasteiger partial charge in [0.25, 0.3) is 11.5 Å². The molecule has 1 amide bonds. The Bertz CT molecular complexity index is 906. The van der Waals surface area contributed by atoms with Gasteiger partial charge < -0.3 is 15.0 Å². The van der Waals surface area contributed by atoms with E-state index in [1.165, 1.54) is 32.4 Å². The van der Waals surface area contributed by atoms with Crippen LogP contribution in [0, 0.1) is 5.82 Å². The number of aliphatic hydroxyl groups excluding tert-OH is 1. The minimum absolute atomic E-state index is 0.0153. The van der Waals surface area contributed by atoms with E-state index in [4.69, 9.17) is 21.5 Å². The Balaban J connectivity index is 2.50. The van der Waals surface area contributed by atoms with Crippen molar-refractivity contribution >= 4 is 41.6 Å². The third-order valence-corrected chi connectivity index (χ3v) is 4.26. The van der Waals surface area contributed by atoms with Crippen LogP contribution in [0.5, 0.6) is 0 Å². The van der Waals surface area contributed by atoms with E-state index in [0.717, 1.165) is 15.1 Å². The van der Waals surface area contributed by atoms with Gasteiger partial charge in [-0.15, -0.1) is 0 Å². The summed E-state index contributed by atoms with van der Waals surface area (Å²) in [6.45, 7) is 1.54. The molecule has 10 heteroatoms. The van der Waals surface area contributed by atoms with Crippen molar-refractivity contribution in [2.24, 2.45) is 7.05 Å². The summed E-state index contributed by atoms with van der Waals surface area (Å²) in [6, 6.07) is 4.62. The highest BCUT2D eigenvalue weighted by Crippen LogP contribution is 2.28. The second kappa shape index (κ2) is 9.03. The number of pyridine rings is 1. The van der Waals surface area contributed by atoms with Crippen molar-refractivity contribution in [1.29, 1.82) is 0 Å². The molecule has 0 radical (unpaired) electrons. The molecule has 0 spiro atoms. The Morgan fingerprint density at radius 3 is 2.78 bits per heavy atom. The van der Waals surface area contributed by atoms with Gasteiger partial charge in [-0.1, -0.05) is 30.0 Å². The minimum Gasteiger partial charge on any atom is -0.394 e. The highest BCUT2D eigenvalue weighted by atomic mass is 35.5. The van der Waals surface area contributed by atoms with Crippen LogP contribution >= 0.6 is 11.6 Å². The fourth-order valence-electron chi connectivity index (χ4n) is 2.40. The minimum atomic E-state index is -0.617. The number of anilines is 2. The first-order valence-corrected chi connectivity index (χ1v) is 8.64. The average Bonchev–Trinajstić information content (AvgIpc) is 2.66. The standard InChI is InChI=1S/C17H20BClFN3O4/c1-18-10-4-5-13(12(20)8-10)21-15-11(9-22(2)17(26)14(15)19)16(25)23(3)27-7-6-24/h4-5,8-9,18,21,24H,6-7H2,1-3H3. The van der Waals surface area contributed by atoms with Crippen LogP contribution < -0.4 is 16.3 Å². The second-order valence-corrected chi connectivity index (χ2v) is 6.18. The molecule has 0 fully saturated rings. The van der Waals surface area contributed by atoms with E-state index in [1.54, 1.807) is 6.07 Å². The van der Waals surface area contributed by atoms with Crippen molar-refractivity contribution in [3.63, 3.8) is 0 Å². The van der Waals surface area contributed by atoms with Crippen molar-refractivity contribution in [3.8, 4) is 0 Å². The van der Waals surface area contributed by atoms with Gasteiger partial charge in [0.15, 0.2) is 7.28 Å². The number of aliphatic hydroxyl groups is 1. The molecule has 1 heterocycles. The van der Waals surface area contributed by atoms with Gasteiger partial charge in [0.1, 0.15) is 10.8 Å². The van der Waals surface area contributed by atoms with Crippen molar-refractivity contribution in [3.05, 3.63) is 51.2 Å². The molecule has 0 atom stereocenters. The summed E-state index contributed by atoms with van der Waals surface area (Å²) in [5, 5.41) is 12.2. The van der Waals surface area contributed by atoms with Crippen molar-refractivity contribution in [2.75, 3.05) is 25.6 Å². The third-order valence-electron chi connectivity index (χ3n) is 3.91. The summed E-state index contributed by atoms with van der Waals surface area (Å²) in [5.74, 6) is -1.15. The van der Waals surface area contributed by atoms with Crippen LogP contribution in [0.25, 0.3) is 0 Å². The number of hydrogen-bond donors (Lipinski definition) is 2. The third kappa shape index (κ3) is 4.68. The molecule has 0 aliphatic heterocycles. The van der Waals surface area contributed by atoms with Crippen molar-refractivity contribution < 1.29 is 19.1 Å². The van der Waals surface area contributed by atoms with Gasteiger partial charge in [-0.05, 0) is 12.1 Å². The molecule has 2 N–H and O–H groups in total. The molecule has 0 aliphatic rings. The van der Waals surface area contributed by atoms with E-state index < -0.39 is 17.3 Å². The first-order chi connectivity index (χ1) is 12.8. The van der Waals surface area contributed by atoms with Gasteiger partial charge in [-0.3, -0.25) is 14.4 Å². The van der Waals surface area contributed by atoms with Crippen LogP contribution in [0.2, 0.25) is 11.8 Å². The number of nitrogens with zero attached hydrogens (tertiary/aromatic N) is 2. The lowest BCUT2D eigenvalue weighted by Gasteiger charge is -2.20. The molecule has 2 rings (SSSR count). The first-order valence-electron chi connectivity index (χ1n) is 8.26. The van der Waals surface area contributed by atoms with Gasteiger partial charge in [-0.25, -0.2) is 9.45 Å². The molecule has 0 saturated heterocycles. The summed E-state index contributed by atoms with van der Waals surface area (Å²) in [4.78, 5) is 29.9. The summed E-state index contributed by atoms with van der Waals surface area (Å²) >= 11 is 6.15. The molecule has 2 aromatic rings. The van der Waals surface area contributed by atoms with Gasteiger partial charge in [0.05, 0.1) is 30.2 Å². The van der Waals surface area contributed by atoms with Crippen LogP contribution in [0.3, 0.4) is 0 Å². The topological polar surface area (TPSA) is 83.8 Å². The van der Waals surface area contributed by atoms with E-state index in [1.807, 2.05) is 6.82 Å². The number of aromatic nitrogens is 1. The smallest absolute Gasteiger partial charge is 0.280 e. The number of nitrogens with one attached hydrogen (secondary N) is 1. The largest absolute Gasteiger partial charge is 0.394 e. The molecule has 0 aliphatic carbocycles. The quantitative estimate of drug-likeness (QED) is 0.540. The monoisotopic (exact) mass is 395 g/mol. The number of hydrogen-bond acceptors (Lipinski definition) is 5. The number of carbonyl (C=O) groups is 1. The van der Waals surface area contributed by atoms with Gasteiger partial charge in [0.2, 0.25) is 0 Å². The fourth-order valence-corrected chi connectivity index (χ4v) is 2.68. The normalized spacial score (nSPS) is 10.6. The number of hydroxylamine groups is 2. The van der Waals surface area contributed by atoms with Crippen LogP contribution in [0.4, 0.5) is 15.8 Å². The summed E-state index contributed by atoms with van der Waals surface area (Å²) in [5.41, 5.74) is 0.339. The van der Waals surface area contributed by atoms with Crippen molar-refractivity contribution in [1.82, 2.24) is 9.63 Å². The SMILES string of the molecule is CBc1ccc(Nc2c(C(=O)N(C)OCCO)cn(C)c(=O)c2Cl)c(F)c1. The fraction of sp³-hybridized carbons (Fsp3) is 0.294. The highest BCUT2D eigenvalue weighted by Gasteiger charge is 2.23. The van der Waals surface area contributed by atoms with E-state index >= 15 is 0 Å². The number of carbonyl (C=O) groups excluding carboxylic acids is 1. The van der Waals surface area contributed by atoms with Gasteiger partial charge in [-0.2, -0.15) is 0 Å². The molecule has 0 saturated carbocycles. The maximum atomic E-state index is 14.4. The van der Waals surface area contributed by atoms with E-state index in [2.05, 4.69) is 5.32 Å². The zero-order chi connectivity index (χ0) is 20.1. The van der Waals surface area contributed by atoms with Gasteiger partial charge in [0, 0.05) is 20.3 Å². The van der Waals surface area contributed by atoms with Gasteiger partial charge >= 0.3 is 0 Å². The molecule has 0 unspecified atom stereocenters. The Labute approximate surface area is 161 Å². The van der Waals surface area contributed by atoms with Crippen LogP contribution in [0.15, 0.2) is 29.2 Å². The zero-order valence-electron chi connectivity index (χ0n) is 15.3. The van der Waals surface area contributed by atoms with Crippen LogP contribution in [0.1, 0.15) is 10.4 Å². The Morgan fingerprint density at radius 1 is 1.48 bits per heavy atom. The maximum Gasteiger partial charge on any atom is 0.280 e. The first kappa shape index (κ1) is 21.0. The maximum absolute atomic E-state index is 14.4. The Hall–Kier alpha value is -2.36. The predicted molar refractivity (Wildman–Crippen MR) is 104 cm³/mol. The summed E-state index contributed by atoms with van der Waals surface area (Å²) < 4.78 is 15.5. The number of aryl methyl sites for hydroxylation is 1. The second-order valence-electron chi connectivity index (χ2n) is 5.80. The molecular formula is C17H20BClFN3O4. The lowest BCUT2D eigenvalue weighted by Crippen LogP contribution is -2.31. The molecule has 1 aromatic heterocycles. The average molecular weight is 396 g/mol. The van der Waals surface area contributed by atoms with Crippen LogP contribution in [-0.2, 0) is 11.9 Å². The molecule has 27 heavy (non-hydrogen) atoms. The summed E-state index contributed by atoms with van der Waals surface area (Å²) in [7, 11) is 3.47. The van der Waals surface area contributed by atoms with E-state index in [0.29, 0.717) is 7.28 Å². The van der Waals surface area contributed by atoms with E-state index in [9.17, 15) is 14.0 Å². The van der Waals surface area contributed by atoms with Crippen molar-refractivity contribution in [2.45, 2.75) is 6.82 Å². The molecule has 1 aromatic carbocycles. The lowest BCUT2D eigenvalue weighted by molar-refractivity contribution is -0.114. The number of amides is 1. The number of rotatable bonds is 7. The zero-order valence-corrected chi connectivity index (χ0v) is 16.0. The Morgan fingerprint density at radius 2 is 2.19 bits per heavy atom. The number of benzene rings is 1. The highest BCUT2D eigenvalue weighted by molar-refractivity contribution is 6.51. The Kier molecular flexibility index (Phi) is 7.01. The lowest BCUT2D eigenvalue weighted by atomic mass is 9.73. The molecule has 7 nitrogen and oxygen atoms in total. The summed E-state index contributed by atoms with van der Waals surface area (Å²) in [6.07, 6.45) is 1.29. The molecule has 144 valence electrons. The predicted octanol–water partition coefficient (Wildman–Crippen LogP) is 1.03. The van der Waals surface area contributed by atoms with E-state index in [-0.39, 0.29) is 35.2 Å². The van der Waals surface area contributed by atoms with Crippen LogP contribution in [-0.4, -0.2) is 48.2 Å². The molecule has 0 bridgehead atoms. The molecular weight excluding hydrogens is 375 g/mol.